The molecule has 0 atom stereocenters. The van der Waals surface area contributed by atoms with Crippen LogP contribution in [0.3, 0.4) is 0 Å². The summed E-state index contributed by atoms with van der Waals surface area (Å²) >= 11 is 6.42. The molecule has 3 N–H and O–H groups in total. The van der Waals surface area contributed by atoms with Crippen molar-refractivity contribution in [2.45, 2.75) is 38.1 Å². The van der Waals surface area contributed by atoms with Crippen molar-refractivity contribution in [3.05, 3.63) is 77.6 Å². The van der Waals surface area contributed by atoms with Crippen molar-refractivity contribution < 1.29 is 9.53 Å². The number of benzene rings is 2. The molecule has 44 heavy (non-hydrogen) atoms. The lowest BCUT2D eigenvalue weighted by Crippen LogP contribution is -2.53. The molecule has 0 unspecified atom stereocenters. The molecule has 2 aromatic carbocycles. The minimum atomic E-state index is 0.0605. The summed E-state index contributed by atoms with van der Waals surface area (Å²) in [6, 6.07) is 18.7. The van der Waals surface area contributed by atoms with E-state index in [2.05, 4.69) is 55.1 Å². The Morgan fingerprint density at radius 1 is 0.932 bits per heavy atom. The van der Waals surface area contributed by atoms with E-state index in [1.165, 1.54) is 12.8 Å². The van der Waals surface area contributed by atoms with E-state index in [1.807, 2.05) is 41.4 Å². The number of anilines is 5. The number of hydrogen-bond acceptors (Lipinski definition) is 8. The molecular formula is C33H35ClN8O2. The van der Waals surface area contributed by atoms with Crippen LogP contribution in [-0.2, 0) is 6.42 Å². The highest BCUT2D eigenvalue weighted by Crippen LogP contribution is 2.31. The normalized spacial score (nSPS) is 16.8. The van der Waals surface area contributed by atoms with Gasteiger partial charge in [0.25, 0.3) is 0 Å². The summed E-state index contributed by atoms with van der Waals surface area (Å²) in [5.74, 6) is 2.61. The van der Waals surface area contributed by atoms with Gasteiger partial charge in [-0.05, 0) is 65.9 Å². The van der Waals surface area contributed by atoms with Gasteiger partial charge < -0.3 is 30.5 Å². The molecule has 1 aliphatic carbocycles. The number of ether oxygens (including phenoxy) is 1. The van der Waals surface area contributed by atoms with Crippen molar-refractivity contribution in [1.82, 2.24) is 25.2 Å². The maximum atomic E-state index is 12.8. The number of fused-ring (bicyclic) bond motifs is 6. The molecule has 1 saturated carbocycles. The van der Waals surface area contributed by atoms with Crippen LogP contribution >= 0.6 is 11.6 Å². The minimum absolute atomic E-state index is 0.0605. The number of piperazine rings is 1. The lowest BCUT2D eigenvalue weighted by atomic mass is 10.0. The number of nitrogens with one attached hydrogen (secondary N) is 3. The van der Waals surface area contributed by atoms with Gasteiger partial charge in [0.2, 0.25) is 5.95 Å². The van der Waals surface area contributed by atoms with Gasteiger partial charge in [0.15, 0.2) is 5.82 Å². The number of amides is 2. The second-order valence-corrected chi connectivity index (χ2v) is 11.9. The van der Waals surface area contributed by atoms with Crippen molar-refractivity contribution in [1.29, 1.82) is 0 Å². The van der Waals surface area contributed by atoms with Crippen LogP contribution < -0.4 is 25.6 Å². The SMILES string of the molecule is O=C(NC1CCCC1)N1CCN(c2cc(-c3cc4cc(c3)Nc3ncc(Cl)c(n3)Nc3cccc(c3)OCC4)ccn2)CC1. The number of urea groups is 1. The zero-order chi connectivity index (χ0) is 29.9. The molecule has 6 bridgehead atoms. The molecule has 7 rings (SSSR count). The average molecular weight is 611 g/mol. The maximum absolute atomic E-state index is 12.8. The van der Waals surface area contributed by atoms with Crippen molar-refractivity contribution >= 4 is 46.6 Å². The first-order chi connectivity index (χ1) is 21.6. The third kappa shape index (κ3) is 6.50. The number of carbonyl (C=O) groups is 1. The summed E-state index contributed by atoms with van der Waals surface area (Å²) in [5, 5.41) is 10.3. The van der Waals surface area contributed by atoms with E-state index in [4.69, 9.17) is 21.3 Å². The molecule has 1 saturated heterocycles. The molecule has 226 valence electrons. The zero-order valence-corrected chi connectivity index (χ0v) is 25.2. The third-order valence-electron chi connectivity index (χ3n) is 8.40. The van der Waals surface area contributed by atoms with Crippen LogP contribution in [0, 0.1) is 0 Å². The Kier molecular flexibility index (Phi) is 8.06. The lowest BCUT2D eigenvalue weighted by molar-refractivity contribution is 0.190. The van der Waals surface area contributed by atoms with Crippen molar-refractivity contribution in [3.63, 3.8) is 0 Å². The van der Waals surface area contributed by atoms with Gasteiger partial charge in [-0.1, -0.05) is 36.6 Å². The standard InChI is InChI=1S/C33H35ClN8O2/c34-29-21-36-32-38-27-17-22(9-15-44-28-7-3-6-26(20-28)37-31(29)40-32)16-24(18-27)23-8-10-35-30(19-23)41-11-13-42(14-12-41)33(43)39-25-4-1-2-5-25/h3,6-8,10,16-21,25H,1-2,4-5,9,11-15H2,(H,39,43)(H2,36,37,38,40). The Bertz CT molecular complexity index is 1650. The molecule has 4 heterocycles. The quantitative estimate of drug-likeness (QED) is 0.245. The van der Waals surface area contributed by atoms with Crippen molar-refractivity contribution in [2.75, 3.05) is 48.3 Å². The monoisotopic (exact) mass is 610 g/mol. The first-order valence-electron chi connectivity index (χ1n) is 15.3. The number of aromatic nitrogens is 3. The number of hydrogen-bond donors (Lipinski definition) is 3. The Balaban J connectivity index is 1.11. The molecule has 2 fully saturated rings. The van der Waals surface area contributed by atoms with Crippen molar-refractivity contribution in [3.8, 4) is 16.9 Å². The number of halogens is 1. The van der Waals surface area contributed by atoms with E-state index in [0.717, 1.165) is 72.0 Å². The molecular weight excluding hydrogens is 576 g/mol. The summed E-state index contributed by atoms with van der Waals surface area (Å²) in [5.41, 5.74) is 4.90. The van der Waals surface area contributed by atoms with E-state index in [0.29, 0.717) is 42.5 Å². The summed E-state index contributed by atoms with van der Waals surface area (Å²) in [7, 11) is 0. The first-order valence-corrected chi connectivity index (χ1v) is 15.6. The van der Waals surface area contributed by atoms with Crippen LogP contribution in [0.15, 0.2) is 67.0 Å². The van der Waals surface area contributed by atoms with E-state index in [9.17, 15) is 4.79 Å². The first kappa shape index (κ1) is 28.2. The second kappa shape index (κ2) is 12.6. The number of rotatable bonds is 3. The van der Waals surface area contributed by atoms with Gasteiger partial charge in [-0.15, -0.1) is 0 Å². The predicted octanol–water partition coefficient (Wildman–Crippen LogP) is 6.39. The van der Waals surface area contributed by atoms with Crippen LogP contribution in [0.25, 0.3) is 11.1 Å². The van der Waals surface area contributed by atoms with Gasteiger partial charge in [0, 0.05) is 62.3 Å². The third-order valence-corrected chi connectivity index (χ3v) is 8.68. The van der Waals surface area contributed by atoms with E-state index >= 15 is 0 Å². The van der Waals surface area contributed by atoms with Gasteiger partial charge in [-0.25, -0.2) is 14.8 Å². The summed E-state index contributed by atoms with van der Waals surface area (Å²) < 4.78 is 6.10. The maximum Gasteiger partial charge on any atom is 0.317 e. The molecule has 4 aromatic rings. The summed E-state index contributed by atoms with van der Waals surface area (Å²) in [6.07, 6.45) is 8.75. The van der Waals surface area contributed by atoms with Crippen LogP contribution in [0.1, 0.15) is 31.2 Å². The van der Waals surface area contributed by atoms with Gasteiger partial charge in [0.1, 0.15) is 16.6 Å². The molecule has 0 radical (unpaired) electrons. The van der Waals surface area contributed by atoms with Crippen LogP contribution in [0.2, 0.25) is 5.02 Å². The topological polar surface area (TPSA) is 108 Å². The Labute approximate surface area is 261 Å². The van der Waals surface area contributed by atoms with E-state index in [1.54, 1.807) is 6.20 Å². The average Bonchev–Trinajstić information content (AvgIpc) is 3.56. The van der Waals surface area contributed by atoms with Gasteiger partial charge in [-0.3, -0.25) is 0 Å². The van der Waals surface area contributed by atoms with Gasteiger partial charge >= 0.3 is 6.03 Å². The highest BCUT2D eigenvalue weighted by Gasteiger charge is 2.25. The number of carbonyl (C=O) groups excluding carboxylic acids is 1. The Morgan fingerprint density at radius 2 is 1.80 bits per heavy atom. The van der Waals surface area contributed by atoms with Crippen LogP contribution in [0.5, 0.6) is 5.75 Å². The van der Waals surface area contributed by atoms with Gasteiger partial charge in [-0.2, -0.15) is 4.98 Å². The fraction of sp³-hybridized carbons (Fsp3) is 0.333. The Morgan fingerprint density at radius 3 is 2.66 bits per heavy atom. The molecule has 2 amide bonds. The summed E-state index contributed by atoms with van der Waals surface area (Å²) in [6.45, 7) is 3.35. The molecule has 11 heteroatoms. The zero-order valence-electron chi connectivity index (χ0n) is 24.4. The lowest BCUT2D eigenvalue weighted by Gasteiger charge is -2.36. The second-order valence-electron chi connectivity index (χ2n) is 11.5. The molecule has 2 aromatic heterocycles. The molecule has 10 nitrogen and oxygen atoms in total. The summed E-state index contributed by atoms with van der Waals surface area (Å²) in [4.78, 5) is 30.7. The fourth-order valence-electron chi connectivity index (χ4n) is 6.05. The number of nitrogens with zero attached hydrogens (tertiary/aromatic N) is 5. The molecule has 3 aliphatic rings. The largest absolute Gasteiger partial charge is 0.493 e. The molecule has 0 spiro atoms. The van der Waals surface area contributed by atoms with E-state index < -0.39 is 0 Å². The van der Waals surface area contributed by atoms with Crippen molar-refractivity contribution in [2.24, 2.45) is 0 Å². The smallest absolute Gasteiger partial charge is 0.317 e. The highest BCUT2D eigenvalue weighted by molar-refractivity contribution is 6.32. The fourth-order valence-corrected chi connectivity index (χ4v) is 6.19. The Hall–Kier alpha value is -4.57. The highest BCUT2D eigenvalue weighted by atomic mass is 35.5. The van der Waals surface area contributed by atoms with Gasteiger partial charge in [0.05, 0.1) is 12.8 Å². The molecule has 2 aliphatic heterocycles. The predicted molar refractivity (Wildman–Crippen MR) is 173 cm³/mol. The minimum Gasteiger partial charge on any atom is -0.493 e. The van der Waals surface area contributed by atoms with Crippen LogP contribution in [-0.4, -0.2) is 64.7 Å². The number of pyridine rings is 1. The van der Waals surface area contributed by atoms with Crippen LogP contribution in [0.4, 0.5) is 33.8 Å². The van der Waals surface area contributed by atoms with E-state index in [-0.39, 0.29) is 6.03 Å².